The zero-order valence-corrected chi connectivity index (χ0v) is 13.8. The number of hydrogen-bond acceptors (Lipinski definition) is 4. The first-order chi connectivity index (χ1) is 8.78. The van der Waals surface area contributed by atoms with Crippen molar-refractivity contribution >= 4 is 26.0 Å². The summed E-state index contributed by atoms with van der Waals surface area (Å²) in [4.78, 5) is 0.143. The molecule has 5 nitrogen and oxygen atoms in total. The second-order valence-electron chi connectivity index (χ2n) is 4.35. The number of sulfonamides is 1. The van der Waals surface area contributed by atoms with Crippen LogP contribution in [0.15, 0.2) is 32.2 Å². The Balaban J connectivity index is 3.01. The first-order valence-corrected chi connectivity index (χ1v) is 8.12. The lowest BCUT2D eigenvalue weighted by Crippen LogP contribution is -2.28. The zero-order valence-electron chi connectivity index (χ0n) is 11.4. The minimum absolute atomic E-state index is 0.143. The monoisotopic (exact) mass is 350 g/mol. The predicted molar refractivity (Wildman–Crippen MR) is 78.4 cm³/mol. The molecule has 19 heavy (non-hydrogen) atoms. The van der Waals surface area contributed by atoms with Crippen molar-refractivity contribution in [3.63, 3.8) is 0 Å². The summed E-state index contributed by atoms with van der Waals surface area (Å²) >= 11 is 3.16. The Labute approximate surface area is 122 Å². The van der Waals surface area contributed by atoms with Crippen molar-refractivity contribution in [2.24, 2.45) is 0 Å². The molecule has 0 aliphatic rings. The Morgan fingerprint density at radius 2 is 2.21 bits per heavy atom. The maximum atomic E-state index is 12.4. The smallest absolute Gasteiger partial charge is 0.247 e. The summed E-state index contributed by atoms with van der Waals surface area (Å²) in [5.74, 6) is 0.580. The van der Waals surface area contributed by atoms with Gasteiger partial charge < -0.3 is 9.73 Å². The molecule has 1 heterocycles. The van der Waals surface area contributed by atoms with E-state index in [4.69, 9.17) is 4.42 Å². The molecular weight excluding hydrogens is 332 g/mol. The Morgan fingerprint density at radius 1 is 1.58 bits per heavy atom. The largest absolute Gasteiger partial charge is 0.452 e. The van der Waals surface area contributed by atoms with Crippen LogP contribution in [0.1, 0.15) is 19.6 Å². The number of furan rings is 1. The van der Waals surface area contributed by atoms with E-state index in [1.165, 1.54) is 17.4 Å². The van der Waals surface area contributed by atoms with Gasteiger partial charge in [0, 0.05) is 19.7 Å². The van der Waals surface area contributed by atoms with E-state index in [1.54, 1.807) is 6.92 Å². The molecule has 108 valence electrons. The molecule has 0 bridgehead atoms. The second kappa shape index (κ2) is 6.69. The molecule has 0 fully saturated rings. The predicted octanol–water partition coefficient (Wildman–Crippen LogP) is 2.35. The van der Waals surface area contributed by atoms with E-state index in [9.17, 15) is 8.42 Å². The van der Waals surface area contributed by atoms with Crippen LogP contribution in [0.25, 0.3) is 0 Å². The third kappa shape index (κ3) is 4.17. The van der Waals surface area contributed by atoms with Crippen LogP contribution in [0, 0.1) is 0 Å². The molecule has 0 saturated carbocycles. The van der Waals surface area contributed by atoms with E-state index in [-0.39, 0.29) is 16.1 Å². The fraction of sp³-hybridized carbons (Fsp3) is 0.500. The first-order valence-electron chi connectivity index (χ1n) is 5.88. The van der Waals surface area contributed by atoms with Gasteiger partial charge in [0.15, 0.2) is 4.67 Å². The quantitative estimate of drug-likeness (QED) is 0.766. The van der Waals surface area contributed by atoms with Gasteiger partial charge in [0.1, 0.15) is 10.7 Å². The van der Waals surface area contributed by atoms with Crippen molar-refractivity contribution in [3.05, 3.63) is 28.6 Å². The molecule has 1 N–H and O–H groups in total. The minimum atomic E-state index is -3.56. The Bertz CT molecular complexity index is 551. The standard InChI is InChI=1S/C12H19BrN2O3S/c1-5-14-7-10-6-11(12(13)18-10)19(16,17)15(4)8-9(2)3/h6,14H,2,5,7-8H2,1,3-4H3. The highest BCUT2D eigenvalue weighted by Gasteiger charge is 2.26. The Morgan fingerprint density at radius 3 is 2.74 bits per heavy atom. The average molecular weight is 351 g/mol. The number of hydrogen-bond donors (Lipinski definition) is 1. The lowest BCUT2D eigenvalue weighted by molar-refractivity contribution is 0.459. The van der Waals surface area contributed by atoms with Crippen LogP contribution in [-0.2, 0) is 16.6 Å². The van der Waals surface area contributed by atoms with Crippen molar-refractivity contribution in [1.82, 2.24) is 9.62 Å². The molecule has 7 heteroatoms. The summed E-state index contributed by atoms with van der Waals surface area (Å²) in [6.45, 7) is 9.04. The molecule has 0 aliphatic heterocycles. The van der Waals surface area contributed by atoms with Gasteiger partial charge >= 0.3 is 0 Å². The summed E-state index contributed by atoms with van der Waals surface area (Å²) in [7, 11) is -2.04. The molecule has 0 radical (unpaired) electrons. The fourth-order valence-corrected chi connectivity index (χ4v) is 3.73. The molecule has 0 unspecified atom stereocenters. The number of halogens is 1. The molecule has 1 aromatic heterocycles. The topological polar surface area (TPSA) is 62.6 Å². The SMILES string of the molecule is C=C(C)CN(C)S(=O)(=O)c1cc(CNCC)oc1Br. The summed E-state index contributed by atoms with van der Waals surface area (Å²) in [5.41, 5.74) is 0.776. The molecule has 0 aliphatic carbocycles. The van der Waals surface area contributed by atoms with E-state index in [0.717, 1.165) is 12.1 Å². The molecule has 0 amide bonds. The third-order valence-electron chi connectivity index (χ3n) is 2.44. The normalized spacial score (nSPS) is 12.1. The fourth-order valence-electron chi connectivity index (χ4n) is 1.54. The third-order valence-corrected chi connectivity index (χ3v) is 5.10. The highest BCUT2D eigenvalue weighted by Crippen LogP contribution is 2.28. The summed E-state index contributed by atoms with van der Waals surface area (Å²) < 4.78 is 31.6. The Kier molecular flexibility index (Phi) is 5.79. The molecule has 0 aromatic carbocycles. The maximum absolute atomic E-state index is 12.4. The van der Waals surface area contributed by atoms with E-state index >= 15 is 0 Å². The van der Waals surface area contributed by atoms with E-state index in [1.807, 2.05) is 6.92 Å². The van der Waals surface area contributed by atoms with Gasteiger partial charge in [-0.25, -0.2) is 8.42 Å². The first kappa shape index (κ1) is 16.4. The Hall–Kier alpha value is -0.630. The second-order valence-corrected chi connectivity index (χ2v) is 7.08. The van der Waals surface area contributed by atoms with Crippen molar-refractivity contribution in [2.45, 2.75) is 25.3 Å². The minimum Gasteiger partial charge on any atom is -0.452 e. The lowest BCUT2D eigenvalue weighted by Gasteiger charge is -2.15. The van der Waals surface area contributed by atoms with E-state index in [0.29, 0.717) is 12.3 Å². The number of likely N-dealkylation sites (N-methyl/N-ethyl adjacent to an activating group) is 1. The van der Waals surface area contributed by atoms with Crippen LogP contribution in [0.2, 0.25) is 0 Å². The van der Waals surface area contributed by atoms with Crippen molar-refractivity contribution in [2.75, 3.05) is 20.1 Å². The zero-order chi connectivity index (χ0) is 14.6. The van der Waals surface area contributed by atoms with Gasteiger partial charge in [-0.05, 0) is 29.4 Å². The number of nitrogens with one attached hydrogen (secondary N) is 1. The van der Waals surface area contributed by atoms with Crippen molar-refractivity contribution in [1.29, 1.82) is 0 Å². The van der Waals surface area contributed by atoms with Crippen LogP contribution in [0.5, 0.6) is 0 Å². The van der Waals surface area contributed by atoms with Crippen LogP contribution in [0.3, 0.4) is 0 Å². The van der Waals surface area contributed by atoms with E-state index < -0.39 is 10.0 Å². The van der Waals surface area contributed by atoms with E-state index in [2.05, 4.69) is 27.8 Å². The molecular formula is C12H19BrN2O3S. The van der Waals surface area contributed by atoms with Crippen molar-refractivity contribution in [3.8, 4) is 0 Å². The van der Waals surface area contributed by atoms with Gasteiger partial charge in [0.2, 0.25) is 10.0 Å². The maximum Gasteiger partial charge on any atom is 0.247 e. The van der Waals surface area contributed by atoms with Gasteiger partial charge in [-0.3, -0.25) is 0 Å². The van der Waals surface area contributed by atoms with Gasteiger partial charge in [0.05, 0.1) is 6.54 Å². The van der Waals surface area contributed by atoms with Gasteiger partial charge in [0.25, 0.3) is 0 Å². The molecule has 0 saturated heterocycles. The molecule has 1 aromatic rings. The highest BCUT2D eigenvalue weighted by atomic mass is 79.9. The number of nitrogens with zero attached hydrogens (tertiary/aromatic N) is 1. The summed E-state index contributed by atoms with van der Waals surface area (Å²) in [6.07, 6.45) is 0. The van der Waals surface area contributed by atoms with Gasteiger partial charge in [-0.15, -0.1) is 0 Å². The molecule has 1 rings (SSSR count). The van der Waals surface area contributed by atoms with Crippen molar-refractivity contribution < 1.29 is 12.8 Å². The van der Waals surface area contributed by atoms with Crippen LogP contribution >= 0.6 is 15.9 Å². The molecule has 0 spiro atoms. The van der Waals surface area contributed by atoms with Crippen LogP contribution in [0.4, 0.5) is 0 Å². The van der Waals surface area contributed by atoms with Crippen LogP contribution in [-0.4, -0.2) is 32.9 Å². The average Bonchev–Trinajstić information content (AvgIpc) is 2.67. The van der Waals surface area contributed by atoms with Gasteiger partial charge in [-0.2, -0.15) is 4.31 Å². The lowest BCUT2D eigenvalue weighted by atomic mass is 10.4. The summed E-state index contributed by atoms with van der Waals surface area (Å²) in [5, 5.41) is 3.08. The van der Waals surface area contributed by atoms with Crippen LogP contribution < -0.4 is 5.32 Å². The summed E-state index contributed by atoms with van der Waals surface area (Å²) in [6, 6.07) is 1.54. The number of rotatable bonds is 7. The highest BCUT2D eigenvalue weighted by molar-refractivity contribution is 9.10. The molecule has 0 atom stereocenters. The van der Waals surface area contributed by atoms with Gasteiger partial charge in [-0.1, -0.05) is 19.1 Å².